The summed E-state index contributed by atoms with van der Waals surface area (Å²) in [5.41, 5.74) is 1.97. The van der Waals surface area contributed by atoms with Crippen LogP contribution in [0.2, 0.25) is 0 Å². The number of rotatable bonds is 6. The molecule has 1 unspecified atom stereocenters. The van der Waals surface area contributed by atoms with Gasteiger partial charge in [0.2, 0.25) is 0 Å². The number of furan rings is 1. The molecule has 0 aliphatic rings. The Kier molecular flexibility index (Phi) is 4.91. The molecule has 2 N–H and O–H groups in total. The predicted octanol–water partition coefficient (Wildman–Crippen LogP) is 3.85. The first-order valence-electron chi connectivity index (χ1n) is 7.26. The van der Waals surface area contributed by atoms with Crippen molar-refractivity contribution >= 4 is 0 Å². The highest BCUT2D eigenvalue weighted by molar-refractivity contribution is 5.45. The van der Waals surface area contributed by atoms with Crippen LogP contribution in [0.25, 0.3) is 0 Å². The quantitative estimate of drug-likeness (QED) is 0.848. The molecule has 2 rings (SSSR count). The van der Waals surface area contributed by atoms with Gasteiger partial charge in [-0.25, -0.2) is 0 Å². The molecule has 21 heavy (non-hydrogen) atoms. The summed E-state index contributed by atoms with van der Waals surface area (Å²) in [6.45, 7) is 9.00. The number of aryl methyl sites for hydroxylation is 2. The topological polar surface area (TPSA) is 54.6 Å². The Balaban J connectivity index is 2.06. The number of hydrogen-bond donors (Lipinski definition) is 2. The molecule has 1 atom stereocenters. The monoisotopic (exact) mass is 289 g/mol. The lowest BCUT2D eigenvalue weighted by molar-refractivity contribution is 0.316. The van der Waals surface area contributed by atoms with Crippen molar-refractivity contribution in [1.29, 1.82) is 0 Å². The molecule has 0 aliphatic heterocycles. The third kappa shape index (κ3) is 3.58. The van der Waals surface area contributed by atoms with Crippen molar-refractivity contribution < 1.29 is 14.3 Å². The van der Waals surface area contributed by atoms with Crippen molar-refractivity contribution in [3.8, 4) is 11.5 Å². The number of aromatic hydroxyl groups is 1. The second-order valence-electron chi connectivity index (χ2n) is 5.17. The molecule has 0 radical (unpaired) electrons. The van der Waals surface area contributed by atoms with Crippen LogP contribution in [0.1, 0.15) is 42.5 Å². The van der Waals surface area contributed by atoms with E-state index < -0.39 is 0 Å². The van der Waals surface area contributed by atoms with Gasteiger partial charge in [0.1, 0.15) is 11.5 Å². The molecule has 4 nitrogen and oxygen atoms in total. The van der Waals surface area contributed by atoms with E-state index in [2.05, 4.69) is 12.2 Å². The summed E-state index contributed by atoms with van der Waals surface area (Å²) in [6.07, 6.45) is 0. The molecule has 114 valence electrons. The minimum absolute atomic E-state index is 0.151. The van der Waals surface area contributed by atoms with Crippen LogP contribution in [0.3, 0.4) is 0 Å². The van der Waals surface area contributed by atoms with Crippen LogP contribution in [0.4, 0.5) is 0 Å². The third-order valence-electron chi connectivity index (χ3n) is 3.53. The number of phenolic OH excluding ortho intramolecular Hbond substituents is 1. The maximum absolute atomic E-state index is 10.2. The van der Waals surface area contributed by atoms with Gasteiger partial charge in [0.25, 0.3) is 0 Å². The van der Waals surface area contributed by atoms with Crippen molar-refractivity contribution in [1.82, 2.24) is 5.32 Å². The van der Waals surface area contributed by atoms with E-state index in [0.717, 1.165) is 22.6 Å². The Morgan fingerprint density at radius 1 is 1.33 bits per heavy atom. The molecule has 1 aromatic heterocycles. The highest BCUT2D eigenvalue weighted by Gasteiger charge is 2.14. The third-order valence-corrected chi connectivity index (χ3v) is 3.53. The van der Waals surface area contributed by atoms with Gasteiger partial charge in [-0.3, -0.25) is 0 Å². The Labute approximate surface area is 125 Å². The average Bonchev–Trinajstić information content (AvgIpc) is 2.78. The maximum atomic E-state index is 10.2. The van der Waals surface area contributed by atoms with Gasteiger partial charge in [-0.1, -0.05) is 12.1 Å². The van der Waals surface area contributed by atoms with Crippen LogP contribution in [0, 0.1) is 13.8 Å². The van der Waals surface area contributed by atoms with Gasteiger partial charge in [-0.2, -0.15) is 0 Å². The Hall–Kier alpha value is -1.94. The van der Waals surface area contributed by atoms with Crippen molar-refractivity contribution in [3.63, 3.8) is 0 Å². The van der Waals surface area contributed by atoms with Gasteiger partial charge in [0.05, 0.1) is 6.61 Å². The van der Waals surface area contributed by atoms with Gasteiger partial charge in [0.15, 0.2) is 11.5 Å². The zero-order valence-corrected chi connectivity index (χ0v) is 13.1. The van der Waals surface area contributed by atoms with Crippen molar-refractivity contribution in [2.45, 2.75) is 40.3 Å². The molecule has 0 amide bonds. The fourth-order valence-corrected chi connectivity index (χ4v) is 2.44. The molecule has 1 aromatic carbocycles. The molecule has 4 heteroatoms. The lowest BCUT2D eigenvalue weighted by atomic mass is 10.1. The highest BCUT2D eigenvalue weighted by Crippen LogP contribution is 2.30. The first kappa shape index (κ1) is 15.4. The fraction of sp³-hybridized carbons (Fsp3) is 0.412. The summed E-state index contributed by atoms with van der Waals surface area (Å²) in [7, 11) is 0. The van der Waals surface area contributed by atoms with Gasteiger partial charge in [0, 0.05) is 23.7 Å². The second-order valence-corrected chi connectivity index (χ2v) is 5.17. The highest BCUT2D eigenvalue weighted by atomic mass is 16.5. The molecule has 0 saturated carbocycles. The van der Waals surface area contributed by atoms with E-state index in [9.17, 15) is 5.11 Å². The number of nitrogens with one attached hydrogen (secondary N) is 1. The first-order valence-corrected chi connectivity index (χ1v) is 7.26. The second kappa shape index (κ2) is 6.68. The summed E-state index contributed by atoms with van der Waals surface area (Å²) in [4.78, 5) is 0. The van der Waals surface area contributed by atoms with E-state index >= 15 is 0 Å². The molecule has 0 aliphatic carbocycles. The van der Waals surface area contributed by atoms with Gasteiger partial charge in [-0.15, -0.1) is 0 Å². The van der Waals surface area contributed by atoms with E-state index in [-0.39, 0.29) is 11.8 Å². The van der Waals surface area contributed by atoms with Gasteiger partial charge < -0.3 is 19.6 Å². The molecular formula is C17H23NO3. The lowest BCUT2D eigenvalue weighted by Crippen LogP contribution is -2.18. The average molecular weight is 289 g/mol. The summed E-state index contributed by atoms with van der Waals surface area (Å²) < 4.78 is 11.0. The van der Waals surface area contributed by atoms with Crippen LogP contribution in [-0.2, 0) is 6.54 Å². The molecule has 0 fully saturated rings. The summed E-state index contributed by atoms with van der Waals surface area (Å²) >= 11 is 0. The summed E-state index contributed by atoms with van der Waals surface area (Å²) in [5, 5.41) is 13.6. The van der Waals surface area contributed by atoms with Crippen LogP contribution >= 0.6 is 0 Å². The first-order chi connectivity index (χ1) is 10.0. The van der Waals surface area contributed by atoms with E-state index in [1.807, 2.05) is 39.0 Å². The van der Waals surface area contributed by atoms with E-state index in [1.54, 1.807) is 6.07 Å². The Morgan fingerprint density at radius 3 is 2.71 bits per heavy atom. The van der Waals surface area contributed by atoms with E-state index in [0.29, 0.717) is 18.9 Å². The van der Waals surface area contributed by atoms with E-state index in [4.69, 9.17) is 9.15 Å². The SMILES string of the molecule is CCOc1cccc(CNC(C)c2cc(C)oc2C)c1O. The largest absolute Gasteiger partial charge is 0.504 e. The molecule has 0 bridgehead atoms. The van der Waals surface area contributed by atoms with Crippen LogP contribution in [-0.4, -0.2) is 11.7 Å². The molecule has 0 saturated heterocycles. The standard InChI is InChI=1S/C17H23NO3/c1-5-20-16-8-6-7-14(17(16)19)10-18-12(3)15-9-11(2)21-13(15)4/h6-9,12,18-19H,5,10H2,1-4H3. The predicted molar refractivity (Wildman–Crippen MR) is 82.7 cm³/mol. The number of hydrogen-bond acceptors (Lipinski definition) is 4. The number of ether oxygens (including phenoxy) is 1. The maximum Gasteiger partial charge on any atom is 0.162 e. The molecule has 1 heterocycles. The number of benzene rings is 1. The van der Waals surface area contributed by atoms with Crippen LogP contribution < -0.4 is 10.1 Å². The normalized spacial score (nSPS) is 12.4. The fourth-order valence-electron chi connectivity index (χ4n) is 2.44. The van der Waals surface area contributed by atoms with Crippen molar-refractivity contribution in [2.24, 2.45) is 0 Å². The summed E-state index contributed by atoms with van der Waals surface area (Å²) in [6, 6.07) is 7.75. The molecule has 2 aromatic rings. The van der Waals surface area contributed by atoms with Crippen molar-refractivity contribution in [2.75, 3.05) is 6.61 Å². The Morgan fingerprint density at radius 2 is 2.10 bits per heavy atom. The molecule has 0 spiro atoms. The zero-order chi connectivity index (χ0) is 15.4. The van der Waals surface area contributed by atoms with Crippen molar-refractivity contribution in [3.05, 3.63) is 46.9 Å². The minimum atomic E-state index is 0.151. The van der Waals surface area contributed by atoms with Crippen LogP contribution in [0.5, 0.6) is 11.5 Å². The van der Waals surface area contributed by atoms with Gasteiger partial charge in [-0.05, 0) is 39.8 Å². The summed E-state index contributed by atoms with van der Waals surface area (Å²) in [5.74, 6) is 2.58. The smallest absolute Gasteiger partial charge is 0.162 e. The minimum Gasteiger partial charge on any atom is -0.504 e. The zero-order valence-electron chi connectivity index (χ0n) is 13.1. The van der Waals surface area contributed by atoms with Gasteiger partial charge >= 0.3 is 0 Å². The lowest BCUT2D eigenvalue weighted by Gasteiger charge is -2.15. The number of phenols is 1. The Bertz CT molecular complexity index is 604. The number of para-hydroxylation sites is 1. The van der Waals surface area contributed by atoms with E-state index in [1.165, 1.54) is 0 Å². The molecular weight excluding hydrogens is 266 g/mol. The van der Waals surface area contributed by atoms with Crippen LogP contribution in [0.15, 0.2) is 28.7 Å².